The third kappa shape index (κ3) is 3.69. The fourth-order valence-corrected chi connectivity index (χ4v) is 2.09. The van der Waals surface area contributed by atoms with Gasteiger partial charge in [-0.15, -0.1) is 0 Å². The lowest BCUT2D eigenvalue weighted by atomic mass is 9.91. The molecule has 0 saturated carbocycles. The Bertz CT molecular complexity index is 499. The fraction of sp³-hybridized carbons (Fsp3) is 0.429. The van der Waals surface area contributed by atoms with Crippen LogP contribution in [0.5, 0.6) is 0 Å². The van der Waals surface area contributed by atoms with Gasteiger partial charge in [0.1, 0.15) is 11.4 Å². The van der Waals surface area contributed by atoms with Gasteiger partial charge in [-0.2, -0.15) is 0 Å². The number of halogens is 1. The summed E-state index contributed by atoms with van der Waals surface area (Å²) < 4.78 is 13.1. The molecule has 0 saturated heterocycles. The molecular formula is C14H20FN3O2. The van der Waals surface area contributed by atoms with Gasteiger partial charge in [-0.25, -0.2) is 4.39 Å². The molecule has 0 bridgehead atoms. The molecule has 0 radical (unpaired) electrons. The van der Waals surface area contributed by atoms with Crippen molar-refractivity contribution in [2.45, 2.75) is 38.6 Å². The largest absolute Gasteiger partial charge is 0.409 e. The maximum atomic E-state index is 13.1. The second-order valence-corrected chi connectivity index (χ2v) is 4.63. The topological polar surface area (TPSA) is 87.7 Å². The number of nitrogens with one attached hydrogen (secondary N) is 1. The first kappa shape index (κ1) is 15.9. The second-order valence-electron chi connectivity index (χ2n) is 4.63. The Morgan fingerprint density at radius 2 is 2.10 bits per heavy atom. The van der Waals surface area contributed by atoms with Gasteiger partial charge in [-0.05, 0) is 30.5 Å². The summed E-state index contributed by atoms with van der Waals surface area (Å²) in [5.74, 6) is -0.718. The van der Waals surface area contributed by atoms with Gasteiger partial charge in [0.25, 0.3) is 0 Å². The molecule has 1 aromatic carbocycles. The molecule has 0 spiro atoms. The molecule has 4 N–H and O–H groups in total. The number of amidine groups is 1. The van der Waals surface area contributed by atoms with E-state index in [1.165, 1.54) is 12.1 Å². The molecule has 0 aliphatic rings. The molecule has 0 aliphatic heterocycles. The first-order chi connectivity index (χ1) is 9.47. The highest BCUT2D eigenvalue weighted by molar-refractivity contribution is 5.94. The first-order valence-electron chi connectivity index (χ1n) is 6.51. The summed E-state index contributed by atoms with van der Waals surface area (Å²) in [4.78, 5) is 12.1. The number of amides is 1. The number of carbonyl (C=O) groups is 1. The molecule has 1 amide bonds. The van der Waals surface area contributed by atoms with Crippen molar-refractivity contribution in [1.82, 2.24) is 5.32 Å². The van der Waals surface area contributed by atoms with Crippen LogP contribution in [0.4, 0.5) is 4.39 Å². The number of hydrogen-bond acceptors (Lipinski definition) is 3. The van der Waals surface area contributed by atoms with Crippen molar-refractivity contribution in [3.05, 3.63) is 35.6 Å². The number of nitrogens with zero attached hydrogens (tertiary/aromatic N) is 1. The molecule has 0 unspecified atom stereocenters. The van der Waals surface area contributed by atoms with Gasteiger partial charge in [-0.3, -0.25) is 4.79 Å². The molecule has 1 aromatic rings. The van der Waals surface area contributed by atoms with E-state index in [2.05, 4.69) is 10.5 Å². The van der Waals surface area contributed by atoms with E-state index in [0.717, 1.165) is 0 Å². The normalized spacial score (nSPS) is 12.2. The summed E-state index contributed by atoms with van der Waals surface area (Å²) in [6, 6.07) is 5.85. The van der Waals surface area contributed by atoms with E-state index in [9.17, 15) is 9.18 Å². The number of benzene rings is 1. The molecular weight excluding hydrogens is 261 g/mol. The van der Waals surface area contributed by atoms with Crippen LogP contribution in [0.3, 0.4) is 0 Å². The summed E-state index contributed by atoms with van der Waals surface area (Å²) in [5, 5.41) is 14.6. The minimum atomic E-state index is -0.876. The standard InChI is InChI=1S/C14H20FN3O2/c1-3-14(4-2,13(16)18-20)17-12(19)9-10-6-5-7-11(15)8-10/h5-8,20H,3-4,9H2,1-2H3,(H2,16,18)(H,17,19). The molecule has 0 aromatic heterocycles. The molecule has 6 heteroatoms. The van der Waals surface area contributed by atoms with E-state index in [-0.39, 0.29) is 24.0 Å². The predicted octanol–water partition coefficient (Wildman–Crippen LogP) is 1.79. The van der Waals surface area contributed by atoms with E-state index in [0.29, 0.717) is 18.4 Å². The molecule has 110 valence electrons. The summed E-state index contributed by atoms with van der Waals surface area (Å²) in [6.07, 6.45) is 1.03. The Kier molecular flexibility index (Phi) is 5.49. The zero-order valence-electron chi connectivity index (χ0n) is 11.7. The molecule has 0 atom stereocenters. The second kappa shape index (κ2) is 6.88. The molecule has 1 rings (SSSR count). The Morgan fingerprint density at radius 3 is 2.60 bits per heavy atom. The van der Waals surface area contributed by atoms with E-state index < -0.39 is 5.54 Å². The van der Waals surface area contributed by atoms with Crippen molar-refractivity contribution in [2.75, 3.05) is 0 Å². The van der Waals surface area contributed by atoms with Crippen LogP contribution < -0.4 is 11.1 Å². The fourth-order valence-electron chi connectivity index (χ4n) is 2.09. The number of hydrogen-bond donors (Lipinski definition) is 3. The molecule has 5 nitrogen and oxygen atoms in total. The number of oxime groups is 1. The molecule has 0 aliphatic carbocycles. The van der Waals surface area contributed by atoms with Crippen LogP contribution in [0, 0.1) is 5.82 Å². The first-order valence-corrected chi connectivity index (χ1v) is 6.51. The summed E-state index contributed by atoms with van der Waals surface area (Å²) in [6.45, 7) is 3.67. The lowest BCUT2D eigenvalue weighted by Gasteiger charge is -2.31. The Balaban J connectivity index is 2.82. The lowest BCUT2D eigenvalue weighted by molar-refractivity contribution is -0.121. The lowest BCUT2D eigenvalue weighted by Crippen LogP contribution is -2.57. The van der Waals surface area contributed by atoms with Gasteiger partial charge in [-0.1, -0.05) is 31.1 Å². The van der Waals surface area contributed by atoms with Gasteiger partial charge >= 0.3 is 0 Å². The van der Waals surface area contributed by atoms with Crippen molar-refractivity contribution >= 4 is 11.7 Å². The van der Waals surface area contributed by atoms with E-state index in [1.54, 1.807) is 12.1 Å². The van der Waals surface area contributed by atoms with Crippen LogP contribution >= 0.6 is 0 Å². The van der Waals surface area contributed by atoms with Crippen molar-refractivity contribution in [1.29, 1.82) is 0 Å². The molecule has 0 heterocycles. The van der Waals surface area contributed by atoms with Crippen LogP contribution in [0.2, 0.25) is 0 Å². The Hall–Kier alpha value is -2.11. The highest BCUT2D eigenvalue weighted by Gasteiger charge is 2.33. The van der Waals surface area contributed by atoms with E-state index in [4.69, 9.17) is 10.9 Å². The third-order valence-electron chi connectivity index (χ3n) is 3.44. The van der Waals surface area contributed by atoms with Gasteiger partial charge in [0, 0.05) is 0 Å². The quantitative estimate of drug-likeness (QED) is 0.321. The van der Waals surface area contributed by atoms with Gasteiger partial charge in [0.05, 0.1) is 6.42 Å². The predicted molar refractivity (Wildman–Crippen MR) is 75.0 cm³/mol. The zero-order chi connectivity index (χ0) is 15.2. The van der Waals surface area contributed by atoms with E-state index >= 15 is 0 Å². The average molecular weight is 281 g/mol. The summed E-state index contributed by atoms with van der Waals surface area (Å²) in [7, 11) is 0. The highest BCUT2D eigenvalue weighted by atomic mass is 19.1. The molecule has 0 fully saturated rings. The Labute approximate surface area is 117 Å². The maximum absolute atomic E-state index is 13.1. The monoisotopic (exact) mass is 281 g/mol. The minimum absolute atomic E-state index is 0.0323. The van der Waals surface area contributed by atoms with Gasteiger partial charge in [0.15, 0.2) is 5.84 Å². The molecule has 20 heavy (non-hydrogen) atoms. The Morgan fingerprint density at radius 1 is 1.45 bits per heavy atom. The van der Waals surface area contributed by atoms with Crippen molar-refractivity contribution < 1.29 is 14.4 Å². The maximum Gasteiger partial charge on any atom is 0.225 e. The van der Waals surface area contributed by atoms with Crippen LogP contribution in [0.25, 0.3) is 0 Å². The average Bonchev–Trinajstić information content (AvgIpc) is 2.44. The van der Waals surface area contributed by atoms with Crippen molar-refractivity contribution in [3.63, 3.8) is 0 Å². The number of carbonyl (C=O) groups excluding carboxylic acids is 1. The van der Waals surface area contributed by atoms with Crippen LogP contribution in [0.1, 0.15) is 32.3 Å². The van der Waals surface area contributed by atoms with Crippen molar-refractivity contribution in [3.8, 4) is 0 Å². The summed E-state index contributed by atoms with van der Waals surface area (Å²) in [5.41, 5.74) is 5.36. The zero-order valence-corrected chi connectivity index (χ0v) is 11.7. The number of nitrogens with two attached hydrogens (primary N) is 1. The van der Waals surface area contributed by atoms with Crippen LogP contribution in [0.15, 0.2) is 29.4 Å². The van der Waals surface area contributed by atoms with Crippen LogP contribution in [-0.2, 0) is 11.2 Å². The SMILES string of the molecule is CCC(CC)(NC(=O)Cc1cccc(F)c1)/C(N)=N/O. The summed E-state index contributed by atoms with van der Waals surface area (Å²) >= 11 is 0. The van der Waals surface area contributed by atoms with E-state index in [1.807, 2.05) is 13.8 Å². The highest BCUT2D eigenvalue weighted by Crippen LogP contribution is 2.16. The smallest absolute Gasteiger partial charge is 0.225 e. The van der Waals surface area contributed by atoms with Gasteiger partial charge < -0.3 is 16.3 Å². The minimum Gasteiger partial charge on any atom is -0.409 e. The third-order valence-corrected chi connectivity index (χ3v) is 3.44. The van der Waals surface area contributed by atoms with Gasteiger partial charge in [0.2, 0.25) is 5.91 Å². The van der Waals surface area contributed by atoms with Crippen molar-refractivity contribution in [2.24, 2.45) is 10.9 Å². The number of rotatable bonds is 6. The van der Waals surface area contributed by atoms with Crippen LogP contribution in [-0.4, -0.2) is 22.5 Å².